The number of carboxylic acids is 2. The van der Waals surface area contributed by atoms with Crippen LogP contribution in [0.1, 0.15) is 16.7 Å². The Balaban J connectivity index is 0.000000569. The van der Waals surface area contributed by atoms with Crippen molar-refractivity contribution in [2.24, 2.45) is 0 Å². The van der Waals surface area contributed by atoms with Crippen LogP contribution in [0.2, 0.25) is 0 Å². The number of benzene rings is 3. The van der Waals surface area contributed by atoms with Crippen molar-refractivity contribution in [1.29, 1.82) is 0 Å². The maximum Gasteiger partial charge on any atom is 0.414 e. The predicted molar refractivity (Wildman–Crippen MR) is 126 cm³/mol. The number of rotatable bonds is 9. The van der Waals surface area contributed by atoms with Crippen molar-refractivity contribution in [1.82, 2.24) is 4.90 Å². The Morgan fingerprint density at radius 1 is 0.758 bits per heavy atom. The quantitative estimate of drug-likeness (QED) is 0.473. The molecule has 0 radical (unpaired) electrons. The van der Waals surface area contributed by atoms with Crippen LogP contribution in [0, 0.1) is 0 Å². The fourth-order valence-electron chi connectivity index (χ4n) is 3.21. The van der Waals surface area contributed by atoms with E-state index >= 15 is 0 Å². The van der Waals surface area contributed by atoms with Gasteiger partial charge in [0.25, 0.3) is 0 Å². The average molecular weight is 452 g/mol. The van der Waals surface area contributed by atoms with Crippen molar-refractivity contribution < 1.29 is 29.3 Å². The SMILES string of the molecule is COc1ccc(CN(CCc2ccccc2)Cc2ccccc2)c(OC)c1.O=C(O)C(=O)O. The third kappa shape index (κ3) is 9.04. The molecule has 7 nitrogen and oxygen atoms in total. The van der Waals surface area contributed by atoms with Crippen molar-refractivity contribution in [3.63, 3.8) is 0 Å². The van der Waals surface area contributed by atoms with Gasteiger partial charge in [0.2, 0.25) is 0 Å². The summed E-state index contributed by atoms with van der Waals surface area (Å²) in [5.41, 5.74) is 3.84. The molecule has 0 amide bonds. The van der Waals surface area contributed by atoms with E-state index in [1.807, 2.05) is 12.1 Å². The molecule has 3 aromatic carbocycles. The predicted octanol–water partition coefficient (Wildman–Crippen LogP) is 4.10. The molecule has 0 unspecified atom stereocenters. The summed E-state index contributed by atoms with van der Waals surface area (Å²) in [5, 5.41) is 14.8. The summed E-state index contributed by atoms with van der Waals surface area (Å²) in [6.45, 7) is 2.71. The summed E-state index contributed by atoms with van der Waals surface area (Å²) in [6, 6.07) is 27.3. The van der Waals surface area contributed by atoms with Crippen molar-refractivity contribution in [3.8, 4) is 11.5 Å². The molecule has 3 rings (SSSR count). The van der Waals surface area contributed by atoms with Crippen LogP contribution in [0.5, 0.6) is 11.5 Å². The van der Waals surface area contributed by atoms with E-state index in [0.29, 0.717) is 0 Å². The highest BCUT2D eigenvalue weighted by Crippen LogP contribution is 2.26. The normalized spacial score (nSPS) is 10.2. The monoisotopic (exact) mass is 451 g/mol. The summed E-state index contributed by atoms with van der Waals surface area (Å²) < 4.78 is 10.9. The van der Waals surface area contributed by atoms with Gasteiger partial charge in [0.1, 0.15) is 11.5 Å². The van der Waals surface area contributed by atoms with Gasteiger partial charge in [-0.25, -0.2) is 9.59 Å². The molecule has 0 saturated heterocycles. The van der Waals surface area contributed by atoms with Gasteiger partial charge in [0, 0.05) is 31.3 Å². The van der Waals surface area contributed by atoms with Gasteiger partial charge >= 0.3 is 11.9 Å². The second kappa shape index (κ2) is 13.5. The first-order valence-electron chi connectivity index (χ1n) is 10.4. The molecule has 0 bridgehead atoms. The number of ether oxygens (including phenoxy) is 2. The van der Waals surface area contributed by atoms with Crippen LogP contribution in [0.25, 0.3) is 0 Å². The van der Waals surface area contributed by atoms with Crippen molar-refractivity contribution in [2.45, 2.75) is 19.5 Å². The van der Waals surface area contributed by atoms with Crippen molar-refractivity contribution >= 4 is 11.9 Å². The Kier molecular flexibility index (Phi) is 10.4. The molecule has 33 heavy (non-hydrogen) atoms. The minimum absolute atomic E-state index is 0.814. The van der Waals surface area contributed by atoms with Crippen LogP contribution >= 0.6 is 0 Å². The maximum absolute atomic E-state index is 9.10. The van der Waals surface area contributed by atoms with Crippen LogP contribution < -0.4 is 9.47 Å². The van der Waals surface area contributed by atoms with E-state index in [0.717, 1.165) is 37.6 Å². The Morgan fingerprint density at radius 3 is 1.85 bits per heavy atom. The highest BCUT2D eigenvalue weighted by Gasteiger charge is 2.12. The summed E-state index contributed by atoms with van der Waals surface area (Å²) in [7, 11) is 3.39. The van der Waals surface area contributed by atoms with Crippen LogP contribution in [0.3, 0.4) is 0 Å². The summed E-state index contributed by atoms with van der Waals surface area (Å²) in [5.74, 6) is -1.97. The molecule has 7 heteroatoms. The average Bonchev–Trinajstić information content (AvgIpc) is 2.84. The van der Waals surface area contributed by atoms with E-state index < -0.39 is 11.9 Å². The van der Waals surface area contributed by atoms with Crippen LogP contribution in [-0.4, -0.2) is 47.8 Å². The molecule has 0 aliphatic heterocycles. The number of carbonyl (C=O) groups is 2. The minimum Gasteiger partial charge on any atom is -0.497 e. The number of nitrogens with zero attached hydrogens (tertiary/aromatic N) is 1. The molecule has 0 aliphatic rings. The van der Waals surface area contributed by atoms with Crippen LogP contribution in [0.4, 0.5) is 0 Å². The standard InChI is InChI=1S/C24H27NO2.C2H2O4/c1-26-23-14-13-22(24(17-23)27-2)19-25(18-21-11-7-4-8-12-21)16-15-20-9-5-3-6-10-20;3-1(4)2(5)6/h3-14,17H,15-16,18-19H2,1-2H3;(H,3,4)(H,5,6). The minimum atomic E-state index is -1.82. The first kappa shape index (κ1) is 25.4. The lowest BCUT2D eigenvalue weighted by Crippen LogP contribution is -2.25. The molecular formula is C26H29NO6. The van der Waals surface area contributed by atoms with Crippen LogP contribution in [-0.2, 0) is 29.1 Å². The Hall–Kier alpha value is -3.84. The molecule has 0 heterocycles. The summed E-state index contributed by atoms with van der Waals surface area (Å²) in [6.07, 6.45) is 1.02. The fraction of sp³-hybridized carbons (Fsp3) is 0.231. The van der Waals surface area contributed by atoms with Gasteiger partial charge in [-0.3, -0.25) is 4.90 Å². The molecule has 0 atom stereocenters. The lowest BCUT2D eigenvalue weighted by molar-refractivity contribution is -0.159. The van der Waals surface area contributed by atoms with E-state index in [4.69, 9.17) is 29.3 Å². The molecule has 0 aromatic heterocycles. The first-order valence-corrected chi connectivity index (χ1v) is 10.4. The second-order valence-corrected chi connectivity index (χ2v) is 7.22. The zero-order valence-electron chi connectivity index (χ0n) is 18.8. The molecule has 0 saturated carbocycles. The molecule has 0 spiro atoms. The first-order chi connectivity index (χ1) is 15.9. The van der Waals surface area contributed by atoms with E-state index in [2.05, 4.69) is 71.6 Å². The lowest BCUT2D eigenvalue weighted by Gasteiger charge is -2.24. The molecule has 3 aromatic rings. The number of carboxylic acid groups (broad SMARTS) is 2. The Morgan fingerprint density at radius 2 is 1.33 bits per heavy atom. The molecule has 174 valence electrons. The number of hydrogen-bond acceptors (Lipinski definition) is 5. The van der Waals surface area contributed by atoms with Crippen molar-refractivity contribution in [2.75, 3.05) is 20.8 Å². The van der Waals surface area contributed by atoms with Gasteiger partial charge in [-0.1, -0.05) is 66.7 Å². The molecule has 2 N–H and O–H groups in total. The number of hydrogen-bond donors (Lipinski definition) is 2. The zero-order valence-corrected chi connectivity index (χ0v) is 18.8. The van der Waals surface area contributed by atoms with E-state index in [9.17, 15) is 0 Å². The molecule has 0 aliphatic carbocycles. The second-order valence-electron chi connectivity index (χ2n) is 7.22. The summed E-state index contributed by atoms with van der Waals surface area (Å²) in [4.78, 5) is 20.7. The molecule has 0 fully saturated rings. The zero-order chi connectivity index (χ0) is 24.1. The largest absolute Gasteiger partial charge is 0.497 e. The number of methoxy groups -OCH3 is 2. The third-order valence-electron chi connectivity index (χ3n) is 4.88. The highest BCUT2D eigenvalue weighted by atomic mass is 16.5. The van der Waals surface area contributed by atoms with Gasteiger partial charge in [0.15, 0.2) is 0 Å². The smallest absolute Gasteiger partial charge is 0.414 e. The maximum atomic E-state index is 9.10. The fourth-order valence-corrected chi connectivity index (χ4v) is 3.21. The third-order valence-corrected chi connectivity index (χ3v) is 4.88. The van der Waals surface area contributed by atoms with E-state index in [1.54, 1.807) is 14.2 Å². The topological polar surface area (TPSA) is 96.3 Å². The Bertz CT molecular complexity index is 996. The van der Waals surface area contributed by atoms with Crippen LogP contribution in [0.15, 0.2) is 78.9 Å². The van der Waals surface area contributed by atoms with Crippen molar-refractivity contribution in [3.05, 3.63) is 95.6 Å². The number of aliphatic carboxylic acids is 2. The van der Waals surface area contributed by atoms with Gasteiger partial charge in [0.05, 0.1) is 14.2 Å². The van der Waals surface area contributed by atoms with Gasteiger partial charge in [-0.2, -0.15) is 0 Å². The lowest BCUT2D eigenvalue weighted by atomic mass is 10.1. The summed E-state index contributed by atoms with van der Waals surface area (Å²) >= 11 is 0. The highest BCUT2D eigenvalue weighted by molar-refractivity contribution is 6.27. The van der Waals surface area contributed by atoms with Gasteiger partial charge < -0.3 is 19.7 Å². The van der Waals surface area contributed by atoms with Gasteiger partial charge in [-0.05, 0) is 23.6 Å². The molecular weight excluding hydrogens is 422 g/mol. The van der Waals surface area contributed by atoms with E-state index in [1.165, 1.54) is 16.7 Å². The Labute approximate surface area is 193 Å². The van der Waals surface area contributed by atoms with Gasteiger partial charge in [-0.15, -0.1) is 0 Å². The van der Waals surface area contributed by atoms with E-state index in [-0.39, 0.29) is 0 Å².